The van der Waals surface area contributed by atoms with Gasteiger partial charge in [-0.1, -0.05) is 12.1 Å². The maximum atomic E-state index is 15.4. The van der Waals surface area contributed by atoms with Gasteiger partial charge in [0.15, 0.2) is 5.84 Å². The minimum Gasteiger partial charge on any atom is -0.335 e. The fourth-order valence-corrected chi connectivity index (χ4v) is 4.96. The maximum Gasteiger partial charge on any atom is 0.331 e. The van der Waals surface area contributed by atoms with E-state index in [0.29, 0.717) is 44.1 Å². The fraction of sp³-hybridized carbons (Fsp3) is 0.240. The second kappa shape index (κ2) is 9.32. The molecular weight excluding hydrogens is 484 g/mol. The van der Waals surface area contributed by atoms with E-state index in [2.05, 4.69) is 15.0 Å². The summed E-state index contributed by atoms with van der Waals surface area (Å²) in [6.45, 7) is 2.90. The molecule has 1 aromatic carbocycles. The minimum atomic E-state index is -3.70. The Bertz CT molecular complexity index is 1520. The van der Waals surface area contributed by atoms with Crippen LogP contribution in [0.5, 0.6) is 0 Å². The first kappa shape index (κ1) is 23.9. The Balaban J connectivity index is 1.43. The zero-order chi connectivity index (χ0) is 25.4. The molecule has 0 bridgehead atoms. The number of hydrogen-bond donors (Lipinski definition) is 2. The summed E-state index contributed by atoms with van der Waals surface area (Å²) >= 11 is 1.21. The maximum absolute atomic E-state index is 15.4. The van der Waals surface area contributed by atoms with E-state index >= 15 is 8.78 Å². The summed E-state index contributed by atoms with van der Waals surface area (Å²) in [5.74, 6) is -4.91. The number of benzene rings is 1. The van der Waals surface area contributed by atoms with Crippen molar-refractivity contribution in [3.05, 3.63) is 76.7 Å². The summed E-state index contributed by atoms with van der Waals surface area (Å²) in [5, 5.41) is 21.1. The zero-order valence-electron chi connectivity index (χ0n) is 19.4. The number of hydrogen-bond acceptors (Lipinski definition) is 7. The highest BCUT2D eigenvalue weighted by Crippen LogP contribution is 2.32. The highest BCUT2D eigenvalue weighted by Gasteiger charge is 2.39. The molecule has 0 aliphatic carbocycles. The topological polar surface area (TPSA) is 102 Å². The number of likely N-dealkylation sites (N-methyl/N-ethyl adjacent to an activating group) is 1. The molecule has 36 heavy (non-hydrogen) atoms. The van der Waals surface area contributed by atoms with Gasteiger partial charge in [-0.15, -0.1) is 11.3 Å². The van der Waals surface area contributed by atoms with E-state index in [1.165, 1.54) is 41.7 Å². The smallest absolute Gasteiger partial charge is 0.331 e. The van der Waals surface area contributed by atoms with Crippen molar-refractivity contribution >= 4 is 34.0 Å². The first-order chi connectivity index (χ1) is 17.2. The molecule has 1 amide bonds. The lowest BCUT2D eigenvalue weighted by molar-refractivity contribution is 0.0668. The molecule has 2 N–H and O–H groups in total. The van der Waals surface area contributed by atoms with Crippen molar-refractivity contribution in [2.24, 2.45) is 0 Å². The Kier molecular flexibility index (Phi) is 6.19. The molecule has 0 saturated carbocycles. The number of nitrogens with one attached hydrogen (secondary N) is 2. The number of piperazine rings is 1. The van der Waals surface area contributed by atoms with Crippen molar-refractivity contribution in [2.75, 3.05) is 33.2 Å². The Hall–Kier alpha value is -3.83. The molecule has 3 aromatic heterocycles. The average molecular weight is 508 g/mol. The van der Waals surface area contributed by atoms with Gasteiger partial charge in [-0.3, -0.25) is 20.6 Å². The van der Waals surface area contributed by atoms with E-state index in [0.717, 1.165) is 13.1 Å². The number of amides is 1. The van der Waals surface area contributed by atoms with E-state index in [4.69, 9.17) is 10.8 Å². The quantitative estimate of drug-likeness (QED) is 0.325. The van der Waals surface area contributed by atoms with Gasteiger partial charge in [0.1, 0.15) is 11.2 Å². The van der Waals surface area contributed by atoms with Gasteiger partial charge in [-0.2, -0.15) is 18.6 Å². The lowest BCUT2D eigenvalue weighted by Crippen LogP contribution is -2.46. The van der Waals surface area contributed by atoms with Gasteiger partial charge in [0, 0.05) is 43.3 Å². The van der Waals surface area contributed by atoms with Gasteiger partial charge >= 0.3 is 5.92 Å². The van der Waals surface area contributed by atoms with Crippen molar-refractivity contribution in [3.8, 4) is 10.6 Å². The number of thiophene rings is 1. The summed E-state index contributed by atoms with van der Waals surface area (Å²) in [4.78, 5) is 22.1. The third kappa shape index (κ3) is 4.42. The van der Waals surface area contributed by atoms with E-state index in [-0.39, 0.29) is 17.0 Å². The first-order valence-electron chi connectivity index (χ1n) is 11.3. The SMILES string of the molecule is CN1CCN(C(=O)c2ccc(-c3ccc(=N)n(C(=N)C(F)(F)c4ccc5ncccc5c4)n3)s2)CC1. The molecular formula is C25H23F2N7OS. The number of aromatic nitrogens is 3. The first-order valence-corrected chi connectivity index (χ1v) is 12.1. The van der Waals surface area contributed by atoms with Crippen LogP contribution in [-0.2, 0) is 5.92 Å². The van der Waals surface area contributed by atoms with Crippen LogP contribution in [0.25, 0.3) is 21.5 Å². The van der Waals surface area contributed by atoms with E-state index in [9.17, 15) is 4.79 Å². The molecule has 1 aliphatic rings. The van der Waals surface area contributed by atoms with E-state index < -0.39 is 11.8 Å². The highest BCUT2D eigenvalue weighted by molar-refractivity contribution is 7.17. The van der Waals surface area contributed by atoms with Gasteiger partial charge in [0.25, 0.3) is 5.91 Å². The number of carbonyl (C=O) groups excluding carboxylic acids is 1. The standard InChI is InChI=1S/C25H23F2N7OS/c1-32-11-13-33(14-12-32)23(35)21-8-7-20(36-21)19-6-9-22(28)34(31-19)24(29)25(26,27)17-4-5-18-16(15-17)3-2-10-30-18/h2-10,15,28-29H,11-14H2,1H3. The van der Waals surface area contributed by atoms with Gasteiger partial charge in [0.05, 0.1) is 15.3 Å². The molecule has 1 aliphatic heterocycles. The number of fused-ring (bicyclic) bond motifs is 1. The van der Waals surface area contributed by atoms with Crippen LogP contribution in [0.2, 0.25) is 0 Å². The molecule has 4 heterocycles. The summed E-state index contributed by atoms with van der Waals surface area (Å²) in [7, 11) is 2.01. The third-order valence-corrected chi connectivity index (χ3v) is 7.27. The van der Waals surface area contributed by atoms with Crippen LogP contribution >= 0.6 is 11.3 Å². The summed E-state index contributed by atoms with van der Waals surface area (Å²) in [5.41, 5.74) is 0.133. The summed E-state index contributed by atoms with van der Waals surface area (Å²) in [6.07, 6.45) is 1.58. The van der Waals surface area contributed by atoms with Gasteiger partial charge in [-0.05, 0) is 49.5 Å². The Morgan fingerprint density at radius 2 is 1.83 bits per heavy atom. The molecule has 1 saturated heterocycles. The monoisotopic (exact) mass is 507 g/mol. The zero-order valence-corrected chi connectivity index (χ0v) is 20.2. The number of carbonyl (C=O) groups is 1. The number of halogens is 2. The van der Waals surface area contributed by atoms with Crippen molar-refractivity contribution in [1.82, 2.24) is 24.6 Å². The third-order valence-electron chi connectivity index (χ3n) is 6.17. The summed E-state index contributed by atoms with van der Waals surface area (Å²) in [6, 6.07) is 13.6. The van der Waals surface area contributed by atoms with Crippen molar-refractivity contribution in [1.29, 1.82) is 10.8 Å². The number of pyridine rings is 1. The number of rotatable bonds is 4. The van der Waals surface area contributed by atoms with Crippen LogP contribution in [-0.4, -0.2) is 69.5 Å². The average Bonchev–Trinajstić information content (AvgIpc) is 3.38. The predicted molar refractivity (Wildman–Crippen MR) is 134 cm³/mol. The van der Waals surface area contributed by atoms with Crippen LogP contribution in [0, 0.1) is 10.8 Å². The van der Waals surface area contributed by atoms with Crippen molar-refractivity contribution in [3.63, 3.8) is 0 Å². The van der Waals surface area contributed by atoms with Crippen molar-refractivity contribution in [2.45, 2.75) is 5.92 Å². The Labute approximate surface area is 209 Å². The Morgan fingerprint density at radius 3 is 2.61 bits per heavy atom. The summed E-state index contributed by atoms with van der Waals surface area (Å²) < 4.78 is 31.4. The minimum absolute atomic E-state index is 0.0746. The van der Waals surface area contributed by atoms with Crippen LogP contribution in [0.4, 0.5) is 8.78 Å². The fourth-order valence-electron chi connectivity index (χ4n) is 4.02. The van der Waals surface area contributed by atoms with Crippen molar-refractivity contribution < 1.29 is 13.6 Å². The lowest BCUT2D eigenvalue weighted by Gasteiger charge is -2.32. The van der Waals surface area contributed by atoms with Crippen LogP contribution in [0.15, 0.2) is 60.8 Å². The largest absolute Gasteiger partial charge is 0.335 e. The molecule has 8 nitrogen and oxygen atoms in total. The normalized spacial score (nSPS) is 14.8. The van der Waals surface area contributed by atoms with Crippen LogP contribution < -0.4 is 5.49 Å². The van der Waals surface area contributed by atoms with Crippen LogP contribution in [0.3, 0.4) is 0 Å². The molecule has 4 aromatic rings. The van der Waals surface area contributed by atoms with Crippen LogP contribution in [0.1, 0.15) is 15.2 Å². The second-order valence-electron chi connectivity index (χ2n) is 8.61. The molecule has 5 rings (SSSR count). The van der Waals surface area contributed by atoms with E-state index in [1.54, 1.807) is 35.4 Å². The molecule has 184 valence electrons. The highest BCUT2D eigenvalue weighted by atomic mass is 32.1. The molecule has 0 unspecified atom stereocenters. The van der Waals surface area contributed by atoms with Gasteiger partial charge < -0.3 is 9.80 Å². The van der Waals surface area contributed by atoms with Gasteiger partial charge in [-0.25, -0.2) is 0 Å². The van der Waals surface area contributed by atoms with Gasteiger partial charge in [0.2, 0.25) is 0 Å². The number of nitrogens with zero attached hydrogens (tertiary/aromatic N) is 5. The molecule has 1 fully saturated rings. The number of alkyl halides is 2. The molecule has 0 radical (unpaired) electrons. The molecule has 0 atom stereocenters. The molecule has 11 heteroatoms. The Morgan fingerprint density at radius 1 is 1.06 bits per heavy atom. The van der Waals surface area contributed by atoms with E-state index in [1.807, 2.05) is 7.05 Å². The lowest BCUT2D eigenvalue weighted by atomic mass is 10.0. The molecule has 0 spiro atoms. The second-order valence-corrected chi connectivity index (χ2v) is 9.69. The predicted octanol–water partition coefficient (Wildman–Crippen LogP) is 3.64.